The Labute approximate surface area is 209 Å². The molecule has 0 aliphatic carbocycles. The fraction of sp³-hybridized carbons (Fsp3) is 0.652. The Morgan fingerprint density at radius 2 is 1.81 bits per heavy atom. The standard InChI is InChI=1S/C23H37N5O3.HI/c1-4-24-23(25-17-20(3)31-21-8-6-5-7-19(21)2)28-11-9-26(10-12-28)18-22(29)27-13-15-30-16-14-27;/h5-8,20H,4,9-18H2,1-3H3,(H,24,25);1H. The van der Waals surface area contributed by atoms with E-state index in [0.717, 1.165) is 50.0 Å². The van der Waals surface area contributed by atoms with Crippen molar-refractivity contribution in [3.63, 3.8) is 0 Å². The molecule has 2 saturated heterocycles. The smallest absolute Gasteiger partial charge is 0.236 e. The van der Waals surface area contributed by atoms with Gasteiger partial charge in [-0.3, -0.25) is 9.69 Å². The zero-order valence-corrected chi connectivity index (χ0v) is 21.9. The van der Waals surface area contributed by atoms with Gasteiger partial charge in [-0.1, -0.05) is 18.2 Å². The number of benzene rings is 1. The predicted octanol–water partition coefficient (Wildman–Crippen LogP) is 1.82. The number of guanidine groups is 1. The quantitative estimate of drug-likeness (QED) is 0.313. The number of morpholine rings is 1. The van der Waals surface area contributed by atoms with Crippen LogP contribution in [0.1, 0.15) is 19.4 Å². The van der Waals surface area contributed by atoms with Crippen LogP contribution < -0.4 is 10.1 Å². The Hall–Kier alpha value is -1.59. The Balaban J connectivity index is 0.00000363. The molecule has 1 aromatic carbocycles. The molecule has 2 aliphatic rings. The number of hydrogen-bond donors (Lipinski definition) is 1. The average Bonchev–Trinajstić information content (AvgIpc) is 2.79. The summed E-state index contributed by atoms with van der Waals surface area (Å²) in [6, 6.07) is 8.06. The lowest BCUT2D eigenvalue weighted by atomic mass is 10.2. The van der Waals surface area contributed by atoms with E-state index in [1.807, 2.05) is 23.1 Å². The Morgan fingerprint density at radius 1 is 1.12 bits per heavy atom. The second-order valence-electron chi connectivity index (χ2n) is 8.14. The molecule has 1 aromatic rings. The number of carbonyl (C=O) groups excluding carboxylic acids is 1. The fourth-order valence-electron chi connectivity index (χ4n) is 3.81. The van der Waals surface area contributed by atoms with Crippen molar-refractivity contribution < 1.29 is 14.3 Å². The minimum absolute atomic E-state index is 0. The maximum absolute atomic E-state index is 12.5. The highest BCUT2D eigenvalue weighted by Crippen LogP contribution is 2.17. The van der Waals surface area contributed by atoms with Crippen LogP contribution in [0.15, 0.2) is 29.3 Å². The Kier molecular flexibility index (Phi) is 11.5. The summed E-state index contributed by atoms with van der Waals surface area (Å²) >= 11 is 0. The van der Waals surface area contributed by atoms with Crippen LogP contribution in [0.5, 0.6) is 5.75 Å². The first-order valence-corrected chi connectivity index (χ1v) is 11.4. The van der Waals surface area contributed by atoms with Crippen molar-refractivity contribution in [3.05, 3.63) is 29.8 Å². The number of aryl methyl sites for hydroxylation is 1. The van der Waals surface area contributed by atoms with Crippen molar-refractivity contribution in [2.45, 2.75) is 26.9 Å². The number of para-hydroxylation sites is 1. The number of rotatable bonds is 7. The number of hydrogen-bond acceptors (Lipinski definition) is 5. The number of halogens is 1. The highest BCUT2D eigenvalue weighted by atomic mass is 127. The summed E-state index contributed by atoms with van der Waals surface area (Å²) in [5.41, 5.74) is 1.13. The Morgan fingerprint density at radius 3 is 2.47 bits per heavy atom. The molecular formula is C23H38IN5O3. The van der Waals surface area contributed by atoms with E-state index < -0.39 is 0 Å². The van der Waals surface area contributed by atoms with Crippen LogP contribution in [-0.2, 0) is 9.53 Å². The molecule has 2 aliphatic heterocycles. The molecule has 0 saturated carbocycles. The van der Waals surface area contributed by atoms with Gasteiger partial charge in [0.1, 0.15) is 11.9 Å². The fourth-order valence-corrected chi connectivity index (χ4v) is 3.81. The van der Waals surface area contributed by atoms with Gasteiger partial charge in [0.15, 0.2) is 5.96 Å². The van der Waals surface area contributed by atoms with E-state index in [0.29, 0.717) is 39.4 Å². The van der Waals surface area contributed by atoms with E-state index in [-0.39, 0.29) is 36.0 Å². The van der Waals surface area contributed by atoms with Gasteiger partial charge in [0.25, 0.3) is 0 Å². The molecule has 180 valence electrons. The third-order valence-electron chi connectivity index (χ3n) is 5.65. The maximum atomic E-state index is 12.5. The Bertz CT molecular complexity index is 734. The number of nitrogens with one attached hydrogen (secondary N) is 1. The van der Waals surface area contributed by atoms with Crippen LogP contribution in [0.2, 0.25) is 0 Å². The second kappa shape index (κ2) is 13.8. The van der Waals surface area contributed by atoms with Crippen LogP contribution in [0, 0.1) is 6.92 Å². The van der Waals surface area contributed by atoms with E-state index in [2.05, 4.69) is 42.0 Å². The molecule has 0 bridgehead atoms. The molecule has 2 fully saturated rings. The lowest BCUT2D eigenvalue weighted by Crippen LogP contribution is -2.55. The van der Waals surface area contributed by atoms with Gasteiger partial charge in [-0.2, -0.15) is 0 Å². The minimum Gasteiger partial charge on any atom is -0.489 e. The van der Waals surface area contributed by atoms with E-state index in [1.165, 1.54) is 0 Å². The van der Waals surface area contributed by atoms with E-state index in [9.17, 15) is 4.79 Å². The minimum atomic E-state index is -0.0119. The summed E-state index contributed by atoms with van der Waals surface area (Å²) in [5.74, 6) is 2.04. The van der Waals surface area contributed by atoms with E-state index in [4.69, 9.17) is 14.5 Å². The second-order valence-corrected chi connectivity index (χ2v) is 8.14. The van der Waals surface area contributed by atoms with Crippen molar-refractivity contribution >= 4 is 35.8 Å². The molecule has 0 spiro atoms. The molecule has 0 radical (unpaired) electrons. The zero-order chi connectivity index (χ0) is 22.1. The normalized spacial score (nSPS) is 18.7. The molecule has 1 unspecified atom stereocenters. The molecule has 1 amide bonds. The largest absolute Gasteiger partial charge is 0.489 e. The number of amides is 1. The SMILES string of the molecule is CCNC(=NCC(C)Oc1ccccc1C)N1CCN(CC(=O)N2CCOCC2)CC1.I. The van der Waals surface area contributed by atoms with Gasteiger partial charge in [0.2, 0.25) is 5.91 Å². The summed E-state index contributed by atoms with van der Waals surface area (Å²) < 4.78 is 11.4. The van der Waals surface area contributed by atoms with Gasteiger partial charge in [0.05, 0.1) is 26.3 Å². The van der Waals surface area contributed by atoms with E-state index in [1.54, 1.807) is 0 Å². The lowest BCUT2D eigenvalue weighted by Gasteiger charge is -2.37. The molecule has 9 heteroatoms. The van der Waals surface area contributed by atoms with Crippen LogP contribution in [0.4, 0.5) is 0 Å². The predicted molar refractivity (Wildman–Crippen MR) is 138 cm³/mol. The first kappa shape index (κ1) is 26.7. The van der Waals surface area contributed by atoms with Crippen LogP contribution in [0.3, 0.4) is 0 Å². The van der Waals surface area contributed by atoms with E-state index >= 15 is 0 Å². The summed E-state index contributed by atoms with van der Waals surface area (Å²) in [5, 5.41) is 3.40. The van der Waals surface area contributed by atoms with Gasteiger partial charge in [0, 0.05) is 45.8 Å². The monoisotopic (exact) mass is 559 g/mol. The van der Waals surface area contributed by atoms with Crippen molar-refractivity contribution in [1.82, 2.24) is 20.0 Å². The molecular weight excluding hydrogens is 521 g/mol. The third kappa shape index (κ3) is 8.08. The molecule has 0 aromatic heterocycles. The average molecular weight is 559 g/mol. The van der Waals surface area contributed by atoms with Crippen molar-refractivity contribution in [3.8, 4) is 5.75 Å². The van der Waals surface area contributed by atoms with Gasteiger partial charge < -0.3 is 24.6 Å². The molecule has 2 heterocycles. The molecule has 32 heavy (non-hydrogen) atoms. The van der Waals surface area contributed by atoms with Gasteiger partial charge in [-0.25, -0.2) is 4.99 Å². The molecule has 3 rings (SSSR count). The number of aliphatic imine (C=N–C) groups is 1. The molecule has 1 N–H and O–H groups in total. The van der Waals surface area contributed by atoms with Gasteiger partial charge >= 0.3 is 0 Å². The van der Waals surface area contributed by atoms with Gasteiger partial charge in [-0.05, 0) is 32.4 Å². The summed E-state index contributed by atoms with van der Waals surface area (Å²) in [7, 11) is 0. The van der Waals surface area contributed by atoms with Crippen LogP contribution >= 0.6 is 24.0 Å². The summed E-state index contributed by atoms with van der Waals surface area (Å²) in [6.07, 6.45) is -0.0119. The number of carbonyl (C=O) groups is 1. The third-order valence-corrected chi connectivity index (χ3v) is 5.65. The zero-order valence-electron chi connectivity index (χ0n) is 19.6. The van der Waals surface area contributed by atoms with Crippen molar-refractivity contribution in [2.75, 3.05) is 72.1 Å². The first-order chi connectivity index (χ1) is 15.1. The van der Waals surface area contributed by atoms with Crippen LogP contribution in [-0.4, -0.2) is 105 Å². The number of piperazine rings is 1. The summed E-state index contributed by atoms with van der Waals surface area (Å²) in [6.45, 7) is 14.2. The topological polar surface area (TPSA) is 69.6 Å². The highest BCUT2D eigenvalue weighted by molar-refractivity contribution is 14.0. The van der Waals surface area contributed by atoms with Crippen molar-refractivity contribution in [2.24, 2.45) is 4.99 Å². The molecule has 8 nitrogen and oxygen atoms in total. The highest BCUT2D eigenvalue weighted by Gasteiger charge is 2.24. The number of nitrogens with zero attached hydrogens (tertiary/aromatic N) is 4. The van der Waals surface area contributed by atoms with Crippen LogP contribution in [0.25, 0.3) is 0 Å². The lowest BCUT2D eigenvalue weighted by molar-refractivity contribution is -0.136. The maximum Gasteiger partial charge on any atom is 0.236 e. The molecule has 1 atom stereocenters. The summed E-state index contributed by atoms with van der Waals surface area (Å²) in [4.78, 5) is 23.8. The van der Waals surface area contributed by atoms with Crippen molar-refractivity contribution in [1.29, 1.82) is 0 Å². The first-order valence-electron chi connectivity index (χ1n) is 11.4. The van der Waals surface area contributed by atoms with Gasteiger partial charge in [-0.15, -0.1) is 24.0 Å². The number of ether oxygens (including phenoxy) is 2.